The first-order valence-corrected chi connectivity index (χ1v) is 8.14. The van der Waals surface area contributed by atoms with E-state index in [4.69, 9.17) is 0 Å². The van der Waals surface area contributed by atoms with Crippen LogP contribution in [-0.4, -0.2) is 20.9 Å². The Hall–Kier alpha value is -1.55. The molecule has 4 heteroatoms. The summed E-state index contributed by atoms with van der Waals surface area (Å²) in [5, 5.41) is 7.94. The van der Waals surface area contributed by atoms with E-state index in [1.54, 1.807) is 0 Å². The van der Waals surface area contributed by atoms with Crippen molar-refractivity contribution in [3.8, 4) is 0 Å². The Bertz CT molecular complexity index is 565. The molecule has 2 aromatic heterocycles. The predicted octanol–water partition coefficient (Wildman–Crippen LogP) is 2.92. The van der Waals surface area contributed by atoms with E-state index in [0.29, 0.717) is 6.04 Å². The first kappa shape index (κ1) is 14.4. The van der Waals surface area contributed by atoms with Crippen LogP contribution in [0.1, 0.15) is 43.5 Å². The lowest BCUT2D eigenvalue weighted by Crippen LogP contribution is -2.23. The molecule has 1 unspecified atom stereocenters. The topological polar surface area (TPSA) is 34.8 Å². The number of nitrogens with zero attached hydrogens (tertiary/aromatic N) is 3. The summed E-state index contributed by atoms with van der Waals surface area (Å²) in [7, 11) is 2.01. The lowest BCUT2D eigenvalue weighted by molar-refractivity contribution is 0.480. The van der Waals surface area contributed by atoms with E-state index in [0.717, 1.165) is 25.4 Å². The Labute approximate surface area is 127 Å². The smallest absolute Gasteiger partial charge is 0.0492 e. The van der Waals surface area contributed by atoms with Crippen molar-refractivity contribution in [3.63, 3.8) is 0 Å². The van der Waals surface area contributed by atoms with E-state index in [2.05, 4.69) is 46.4 Å². The molecule has 3 rings (SSSR count). The number of aromatic nitrogens is 3. The monoisotopic (exact) mass is 286 g/mol. The molecule has 0 aromatic carbocycles. The first-order chi connectivity index (χ1) is 10.3. The molecule has 0 bridgehead atoms. The minimum absolute atomic E-state index is 0.558. The second kappa shape index (κ2) is 6.48. The highest BCUT2D eigenvalue weighted by Gasteiger charge is 2.32. The van der Waals surface area contributed by atoms with Crippen molar-refractivity contribution < 1.29 is 0 Å². The van der Waals surface area contributed by atoms with Gasteiger partial charge in [-0.05, 0) is 49.4 Å². The second-order valence-corrected chi connectivity index (χ2v) is 6.15. The molecule has 0 amide bonds. The van der Waals surface area contributed by atoms with Crippen LogP contribution in [0.15, 0.2) is 30.7 Å². The Morgan fingerprint density at radius 2 is 2.24 bits per heavy atom. The van der Waals surface area contributed by atoms with Gasteiger partial charge >= 0.3 is 0 Å². The molecular formula is C17H26N4. The van der Waals surface area contributed by atoms with Gasteiger partial charge in [0.2, 0.25) is 0 Å². The van der Waals surface area contributed by atoms with Crippen molar-refractivity contribution in [2.75, 3.05) is 6.54 Å². The molecule has 2 aromatic rings. The molecule has 114 valence electrons. The van der Waals surface area contributed by atoms with Gasteiger partial charge in [-0.2, -0.15) is 5.10 Å². The molecule has 1 N–H and O–H groups in total. The van der Waals surface area contributed by atoms with Crippen molar-refractivity contribution in [2.45, 2.75) is 45.2 Å². The largest absolute Gasteiger partial charge is 0.354 e. The Kier molecular flexibility index (Phi) is 4.44. The zero-order chi connectivity index (χ0) is 14.7. The van der Waals surface area contributed by atoms with Gasteiger partial charge in [0.15, 0.2) is 0 Å². The van der Waals surface area contributed by atoms with Crippen molar-refractivity contribution in [1.29, 1.82) is 0 Å². The molecule has 1 atom stereocenters. The van der Waals surface area contributed by atoms with Gasteiger partial charge in [-0.15, -0.1) is 0 Å². The van der Waals surface area contributed by atoms with Crippen LogP contribution in [0.2, 0.25) is 0 Å². The minimum Gasteiger partial charge on any atom is -0.354 e. The maximum atomic E-state index is 4.22. The van der Waals surface area contributed by atoms with Crippen molar-refractivity contribution in [2.24, 2.45) is 13.0 Å². The van der Waals surface area contributed by atoms with E-state index in [-0.39, 0.29) is 0 Å². The molecule has 1 aliphatic rings. The Morgan fingerprint density at radius 1 is 1.38 bits per heavy atom. The van der Waals surface area contributed by atoms with Gasteiger partial charge in [0, 0.05) is 50.3 Å². The highest BCUT2D eigenvalue weighted by molar-refractivity contribution is 5.18. The van der Waals surface area contributed by atoms with Crippen LogP contribution in [-0.2, 0) is 20.0 Å². The van der Waals surface area contributed by atoms with Gasteiger partial charge < -0.3 is 9.88 Å². The van der Waals surface area contributed by atoms with E-state index < -0.39 is 0 Å². The summed E-state index contributed by atoms with van der Waals surface area (Å²) in [6.45, 7) is 4.36. The molecule has 1 saturated carbocycles. The molecule has 1 aliphatic carbocycles. The standard InChI is InChI=1S/C17H26N4/c1-3-9-18-17(14-4-5-14)15-7-11-21(13-15)12-8-16-6-10-19-20(16)2/h6-7,10-11,13-14,17-18H,3-5,8-9,12H2,1-2H3. The Balaban J connectivity index is 1.60. The maximum Gasteiger partial charge on any atom is 0.0492 e. The van der Waals surface area contributed by atoms with Crippen LogP contribution in [0.3, 0.4) is 0 Å². The number of hydrogen-bond donors (Lipinski definition) is 1. The molecule has 1 fully saturated rings. The van der Waals surface area contributed by atoms with Crippen molar-refractivity contribution in [3.05, 3.63) is 42.0 Å². The summed E-state index contributed by atoms with van der Waals surface area (Å²) >= 11 is 0. The minimum atomic E-state index is 0.558. The molecule has 4 nitrogen and oxygen atoms in total. The zero-order valence-corrected chi connectivity index (χ0v) is 13.1. The normalized spacial score (nSPS) is 16.3. The van der Waals surface area contributed by atoms with Crippen molar-refractivity contribution >= 4 is 0 Å². The quantitative estimate of drug-likeness (QED) is 0.810. The molecule has 21 heavy (non-hydrogen) atoms. The first-order valence-electron chi connectivity index (χ1n) is 8.14. The molecule has 0 radical (unpaired) electrons. The summed E-state index contributed by atoms with van der Waals surface area (Å²) in [5.74, 6) is 0.851. The van der Waals surface area contributed by atoms with Gasteiger partial charge in [0.1, 0.15) is 0 Å². The zero-order valence-electron chi connectivity index (χ0n) is 13.1. The molecule has 0 spiro atoms. The maximum absolute atomic E-state index is 4.22. The highest BCUT2D eigenvalue weighted by Crippen LogP contribution is 2.41. The molecule has 0 saturated heterocycles. The highest BCUT2D eigenvalue weighted by atomic mass is 15.3. The van der Waals surface area contributed by atoms with E-state index in [1.807, 2.05) is 17.9 Å². The average molecular weight is 286 g/mol. The number of aryl methyl sites for hydroxylation is 3. The summed E-state index contributed by atoms with van der Waals surface area (Å²) < 4.78 is 4.27. The summed E-state index contributed by atoms with van der Waals surface area (Å²) in [4.78, 5) is 0. The van der Waals surface area contributed by atoms with Crippen LogP contribution >= 0.6 is 0 Å². The lowest BCUT2D eigenvalue weighted by atomic mass is 10.1. The van der Waals surface area contributed by atoms with Crippen LogP contribution in [0.5, 0.6) is 0 Å². The number of nitrogens with one attached hydrogen (secondary N) is 1. The summed E-state index contributed by atoms with van der Waals surface area (Å²) in [6.07, 6.45) is 11.4. The third-order valence-corrected chi connectivity index (χ3v) is 4.39. The third-order valence-electron chi connectivity index (χ3n) is 4.39. The SMILES string of the molecule is CCCNC(c1ccn(CCc2ccnn2C)c1)C1CC1. The van der Waals surface area contributed by atoms with E-state index in [1.165, 1.54) is 30.5 Å². The van der Waals surface area contributed by atoms with Gasteiger partial charge in [0.25, 0.3) is 0 Å². The van der Waals surface area contributed by atoms with E-state index in [9.17, 15) is 0 Å². The molecule has 2 heterocycles. The van der Waals surface area contributed by atoms with Crippen LogP contribution in [0.25, 0.3) is 0 Å². The van der Waals surface area contributed by atoms with Crippen molar-refractivity contribution in [1.82, 2.24) is 19.7 Å². The molecule has 0 aliphatic heterocycles. The van der Waals surface area contributed by atoms with Gasteiger partial charge in [-0.1, -0.05) is 6.92 Å². The lowest BCUT2D eigenvalue weighted by Gasteiger charge is -2.16. The van der Waals surface area contributed by atoms with Crippen LogP contribution in [0, 0.1) is 5.92 Å². The van der Waals surface area contributed by atoms with Gasteiger partial charge in [-0.25, -0.2) is 0 Å². The van der Waals surface area contributed by atoms with Gasteiger partial charge in [-0.3, -0.25) is 4.68 Å². The number of rotatable bonds is 8. The van der Waals surface area contributed by atoms with E-state index >= 15 is 0 Å². The fourth-order valence-electron chi connectivity index (χ4n) is 2.96. The molecular weight excluding hydrogens is 260 g/mol. The number of hydrogen-bond acceptors (Lipinski definition) is 2. The third kappa shape index (κ3) is 3.56. The van der Waals surface area contributed by atoms with Crippen LogP contribution in [0.4, 0.5) is 0 Å². The summed E-state index contributed by atoms with van der Waals surface area (Å²) in [6, 6.07) is 4.94. The fraction of sp³-hybridized carbons (Fsp3) is 0.588. The van der Waals surface area contributed by atoms with Gasteiger partial charge in [0.05, 0.1) is 0 Å². The fourth-order valence-corrected chi connectivity index (χ4v) is 2.96. The average Bonchev–Trinajstić information content (AvgIpc) is 3.07. The second-order valence-electron chi connectivity index (χ2n) is 6.15. The van der Waals surface area contributed by atoms with Crippen LogP contribution < -0.4 is 5.32 Å². The summed E-state index contributed by atoms with van der Waals surface area (Å²) in [5.41, 5.74) is 2.74. The predicted molar refractivity (Wildman–Crippen MR) is 85.1 cm³/mol. The Morgan fingerprint density at radius 3 is 2.90 bits per heavy atom.